The van der Waals surface area contributed by atoms with E-state index in [4.69, 9.17) is 9.47 Å². The minimum absolute atomic E-state index is 0.129. The maximum absolute atomic E-state index is 12.8. The number of para-hydroxylation sites is 1. The van der Waals surface area contributed by atoms with Gasteiger partial charge in [-0.05, 0) is 41.9 Å². The van der Waals surface area contributed by atoms with Crippen LogP contribution in [0.3, 0.4) is 0 Å². The second-order valence-corrected chi connectivity index (χ2v) is 9.81. The van der Waals surface area contributed by atoms with Crippen LogP contribution in [0.15, 0.2) is 54.6 Å². The first kappa shape index (κ1) is 23.6. The SMILES string of the molecule is CC[C@H]1CN2CCc3c(n(Cc4ccccc4)c4ccccc34)[C@H]2C[C@H]1C(C(=O)OC)C(=O)OC. The van der Waals surface area contributed by atoms with Gasteiger partial charge in [-0.1, -0.05) is 61.9 Å². The number of methoxy groups -OCH3 is 2. The standard InChI is InChI=1S/C29H34N2O4/c1-4-20-18-30-15-14-22-21-12-8-9-13-24(21)31(17-19-10-6-5-7-11-19)27(22)25(30)16-23(20)26(28(32)34-2)29(33)35-3/h5-13,20,23,25-26H,4,14-18H2,1-3H3/t20-,23+,25+/m0/s1. The monoisotopic (exact) mass is 474 g/mol. The van der Waals surface area contributed by atoms with Gasteiger partial charge in [0.25, 0.3) is 0 Å². The molecule has 0 bridgehead atoms. The predicted molar refractivity (Wildman–Crippen MR) is 135 cm³/mol. The van der Waals surface area contributed by atoms with Crippen LogP contribution >= 0.6 is 0 Å². The number of carbonyl (C=O) groups excluding carboxylic acids is 2. The second kappa shape index (κ2) is 9.86. The fourth-order valence-corrected chi connectivity index (χ4v) is 6.47. The van der Waals surface area contributed by atoms with E-state index in [1.165, 1.54) is 41.9 Å². The van der Waals surface area contributed by atoms with E-state index in [-0.39, 0.29) is 17.9 Å². The highest BCUT2D eigenvalue weighted by molar-refractivity contribution is 5.95. The van der Waals surface area contributed by atoms with Crippen molar-refractivity contribution in [1.29, 1.82) is 0 Å². The van der Waals surface area contributed by atoms with Crippen LogP contribution < -0.4 is 0 Å². The van der Waals surface area contributed by atoms with Crippen LogP contribution in [-0.2, 0) is 32.0 Å². The molecule has 0 radical (unpaired) electrons. The Morgan fingerprint density at radius 1 is 1.00 bits per heavy atom. The Bertz CT molecular complexity index is 1200. The third-order valence-corrected chi connectivity index (χ3v) is 8.14. The van der Waals surface area contributed by atoms with E-state index >= 15 is 0 Å². The maximum atomic E-state index is 12.8. The van der Waals surface area contributed by atoms with Gasteiger partial charge in [-0.2, -0.15) is 0 Å². The molecule has 6 nitrogen and oxygen atoms in total. The lowest BCUT2D eigenvalue weighted by Crippen LogP contribution is -2.50. The fraction of sp³-hybridized carbons (Fsp3) is 0.448. The average molecular weight is 475 g/mol. The van der Waals surface area contributed by atoms with Crippen molar-refractivity contribution in [3.8, 4) is 0 Å². The lowest BCUT2D eigenvalue weighted by molar-refractivity contribution is -0.164. The molecule has 2 aliphatic heterocycles. The molecule has 1 fully saturated rings. The first-order chi connectivity index (χ1) is 17.1. The number of esters is 2. The van der Waals surface area contributed by atoms with Gasteiger partial charge in [-0.3, -0.25) is 14.5 Å². The van der Waals surface area contributed by atoms with Crippen molar-refractivity contribution in [2.24, 2.45) is 17.8 Å². The normalized spacial score (nSPS) is 22.0. The van der Waals surface area contributed by atoms with E-state index in [1.807, 2.05) is 6.07 Å². The highest BCUT2D eigenvalue weighted by Gasteiger charge is 2.48. The first-order valence-electron chi connectivity index (χ1n) is 12.6. The Kier molecular flexibility index (Phi) is 6.65. The average Bonchev–Trinajstić information content (AvgIpc) is 3.22. The quantitative estimate of drug-likeness (QED) is 0.386. The Morgan fingerprint density at radius 2 is 1.69 bits per heavy atom. The van der Waals surface area contributed by atoms with E-state index < -0.39 is 17.9 Å². The van der Waals surface area contributed by atoms with Crippen LogP contribution in [0.4, 0.5) is 0 Å². The van der Waals surface area contributed by atoms with Crippen molar-refractivity contribution in [3.63, 3.8) is 0 Å². The van der Waals surface area contributed by atoms with Crippen molar-refractivity contribution in [2.75, 3.05) is 27.3 Å². The number of ether oxygens (including phenoxy) is 2. The molecular formula is C29H34N2O4. The Labute approximate surface area is 206 Å². The number of nitrogens with zero attached hydrogens (tertiary/aromatic N) is 2. The maximum Gasteiger partial charge on any atom is 0.320 e. The summed E-state index contributed by atoms with van der Waals surface area (Å²) in [6, 6.07) is 19.3. The van der Waals surface area contributed by atoms with E-state index in [2.05, 4.69) is 64.9 Å². The zero-order valence-electron chi connectivity index (χ0n) is 20.8. The number of fused-ring (bicyclic) bond motifs is 5. The lowest BCUT2D eigenvalue weighted by Gasteiger charge is -2.48. The Hall–Kier alpha value is -3.12. The number of hydrogen-bond acceptors (Lipinski definition) is 5. The molecule has 0 saturated carbocycles. The van der Waals surface area contributed by atoms with E-state index in [1.54, 1.807) is 0 Å². The number of rotatable bonds is 6. The summed E-state index contributed by atoms with van der Waals surface area (Å²) in [5.41, 5.74) is 5.23. The summed E-state index contributed by atoms with van der Waals surface area (Å²) < 4.78 is 12.6. The third kappa shape index (κ3) is 4.14. The summed E-state index contributed by atoms with van der Waals surface area (Å²) >= 11 is 0. The minimum atomic E-state index is -0.894. The zero-order valence-corrected chi connectivity index (χ0v) is 20.8. The molecule has 1 aromatic heterocycles. The van der Waals surface area contributed by atoms with Gasteiger partial charge in [-0.15, -0.1) is 0 Å². The van der Waals surface area contributed by atoms with Gasteiger partial charge in [0.1, 0.15) is 0 Å². The molecule has 5 rings (SSSR count). The smallest absolute Gasteiger partial charge is 0.320 e. The number of benzene rings is 2. The summed E-state index contributed by atoms with van der Waals surface area (Å²) in [7, 11) is 2.70. The van der Waals surface area contributed by atoms with Crippen LogP contribution in [0.5, 0.6) is 0 Å². The van der Waals surface area contributed by atoms with Crippen molar-refractivity contribution < 1.29 is 19.1 Å². The second-order valence-electron chi connectivity index (χ2n) is 9.81. The van der Waals surface area contributed by atoms with Crippen LogP contribution in [0.1, 0.15) is 42.6 Å². The molecule has 2 aliphatic rings. The van der Waals surface area contributed by atoms with Gasteiger partial charge < -0.3 is 14.0 Å². The molecule has 0 unspecified atom stereocenters. The topological polar surface area (TPSA) is 60.8 Å². The number of piperidine rings is 1. The summed E-state index contributed by atoms with van der Waals surface area (Å²) in [6.07, 6.45) is 2.64. The van der Waals surface area contributed by atoms with Crippen molar-refractivity contribution in [3.05, 3.63) is 71.4 Å². The molecule has 0 amide bonds. The molecule has 0 N–H and O–H groups in total. The zero-order chi connectivity index (χ0) is 24.5. The van der Waals surface area contributed by atoms with Crippen molar-refractivity contribution in [2.45, 2.75) is 38.8 Å². The molecule has 0 spiro atoms. The van der Waals surface area contributed by atoms with Crippen molar-refractivity contribution in [1.82, 2.24) is 9.47 Å². The van der Waals surface area contributed by atoms with Crippen LogP contribution in [-0.4, -0.2) is 48.7 Å². The Morgan fingerprint density at radius 3 is 2.37 bits per heavy atom. The molecule has 184 valence electrons. The molecule has 2 aromatic carbocycles. The molecule has 6 heteroatoms. The van der Waals surface area contributed by atoms with Gasteiger partial charge in [0, 0.05) is 36.2 Å². The van der Waals surface area contributed by atoms with Crippen LogP contribution in [0.25, 0.3) is 10.9 Å². The van der Waals surface area contributed by atoms with Gasteiger partial charge in [0.2, 0.25) is 0 Å². The summed E-state index contributed by atoms with van der Waals surface area (Å²) in [4.78, 5) is 28.1. The third-order valence-electron chi connectivity index (χ3n) is 8.14. The summed E-state index contributed by atoms with van der Waals surface area (Å²) in [5.74, 6) is -1.78. The molecular weight excluding hydrogens is 440 g/mol. The molecule has 0 aliphatic carbocycles. The first-order valence-corrected chi connectivity index (χ1v) is 12.6. The van der Waals surface area contributed by atoms with Gasteiger partial charge >= 0.3 is 11.9 Å². The van der Waals surface area contributed by atoms with Gasteiger partial charge in [-0.25, -0.2) is 0 Å². The Balaban J connectivity index is 1.61. The minimum Gasteiger partial charge on any atom is -0.468 e. The largest absolute Gasteiger partial charge is 0.468 e. The number of aromatic nitrogens is 1. The van der Waals surface area contributed by atoms with Gasteiger partial charge in [0.05, 0.1) is 20.3 Å². The molecule has 1 saturated heterocycles. The van der Waals surface area contributed by atoms with Gasteiger partial charge in [0.15, 0.2) is 5.92 Å². The predicted octanol–water partition coefficient (Wildman–Crippen LogP) is 4.60. The summed E-state index contributed by atoms with van der Waals surface area (Å²) in [5, 5.41) is 1.31. The highest BCUT2D eigenvalue weighted by Crippen LogP contribution is 2.47. The highest BCUT2D eigenvalue weighted by atomic mass is 16.5. The number of carbonyl (C=O) groups is 2. The van der Waals surface area contributed by atoms with E-state index in [9.17, 15) is 9.59 Å². The summed E-state index contributed by atoms with van der Waals surface area (Å²) in [6.45, 7) is 4.79. The molecule has 3 heterocycles. The van der Waals surface area contributed by atoms with E-state index in [0.29, 0.717) is 0 Å². The van der Waals surface area contributed by atoms with Crippen LogP contribution in [0.2, 0.25) is 0 Å². The lowest BCUT2D eigenvalue weighted by atomic mass is 9.71. The van der Waals surface area contributed by atoms with Crippen molar-refractivity contribution >= 4 is 22.8 Å². The molecule has 3 aromatic rings. The molecule has 35 heavy (non-hydrogen) atoms. The molecule has 3 atom stereocenters. The van der Waals surface area contributed by atoms with E-state index in [0.717, 1.165) is 38.9 Å². The van der Waals surface area contributed by atoms with Crippen LogP contribution in [0, 0.1) is 17.8 Å². The number of hydrogen-bond donors (Lipinski definition) is 0. The fourth-order valence-electron chi connectivity index (χ4n) is 6.47.